The molecule has 0 aliphatic heterocycles. The summed E-state index contributed by atoms with van der Waals surface area (Å²) < 4.78 is 66.9. The molecule has 0 aliphatic rings. The zero-order valence-electron chi connectivity index (χ0n) is 24.1. The van der Waals surface area contributed by atoms with Crippen LogP contribution in [0.25, 0.3) is 0 Å². The highest BCUT2D eigenvalue weighted by molar-refractivity contribution is 5.99. The number of aliphatic hydroxyl groups excluding tert-OH is 1. The van der Waals surface area contributed by atoms with Crippen LogP contribution in [0.2, 0.25) is 0 Å². The Balaban J connectivity index is 1.77. The van der Waals surface area contributed by atoms with Gasteiger partial charge in [-0.2, -0.15) is 13.2 Å². The first-order valence-electron chi connectivity index (χ1n) is 14.1. The molecule has 11 heteroatoms. The Morgan fingerprint density at radius 3 is 2.12 bits per heavy atom. The topological polar surface area (TPSA) is 81.7 Å². The molecule has 3 rings (SSSR count). The normalized spacial score (nSPS) is 12.9. The van der Waals surface area contributed by atoms with Crippen LogP contribution in [0.5, 0.6) is 0 Å². The standard InChI is InChI=1S/C32H36F5N3O3/c1-3-11-40(12-4-2)31(43)24-9-6-8-23(17-24)30(42)39-28(16-22-14-26(33)18-27(34)15-22)29(41)20-38-19-21-7-5-10-25(13-21)32(35,36)37/h5-10,13-15,17-18,28-29,38,41H,3-4,11-12,16,19-20H2,1-2H3,(H,39,42)/t28-,29+/m0/s1. The molecule has 0 fully saturated rings. The van der Waals surface area contributed by atoms with E-state index < -0.39 is 41.4 Å². The third kappa shape index (κ3) is 10.1. The maximum Gasteiger partial charge on any atom is 0.416 e. The molecule has 0 radical (unpaired) electrons. The molecule has 0 saturated heterocycles. The van der Waals surface area contributed by atoms with E-state index in [4.69, 9.17) is 0 Å². The lowest BCUT2D eigenvalue weighted by Gasteiger charge is -2.25. The van der Waals surface area contributed by atoms with Crippen LogP contribution in [0, 0.1) is 11.6 Å². The Hall–Kier alpha value is -3.83. The lowest BCUT2D eigenvalue weighted by molar-refractivity contribution is -0.137. The maximum absolute atomic E-state index is 13.9. The number of aliphatic hydroxyl groups is 1. The number of benzene rings is 3. The van der Waals surface area contributed by atoms with E-state index >= 15 is 0 Å². The summed E-state index contributed by atoms with van der Waals surface area (Å²) in [6.07, 6.45) is -4.40. The second-order valence-electron chi connectivity index (χ2n) is 10.3. The molecule has 3 aromatic carbocycles. The molecular weight excluding hydrogens is 569 g/mol. The van der Waals surface area contributed by atoms with Crippen molar-refractivity contribution in [3.05, 3.63) is 106 Å². The number of rotatable bonds is 14. The summed E-state index contributed by atoms with van der Waals surface area (Å²) in [6.45, 7) is 4.89. The summed E-state index contributed by atoms with van der Waals surface area (Å²) in [5.41, 5.74) is 0.175. The number of hydrogen-bond donors (Lipinski definition) is 3. The van der Waals surface area contributed by atoms with Crippen LogP contribution in [-0.2, 0) is 19.1 Å². The van der Waals surface area contributed by atoms with Crippen molar-refractivity contribution in [1.82, 2.24) is 15.5 Å². The number of hydrogen-bond acceptors (Lipinski definition) is 4. The van der Waals surface area contributed by atoms with E-state index in [2.05, 4.69) is 10.6 Å². The van der Waals surface area contributed by atoms with Gasteiger partial charge in [0.05, 0.1) is 17.7 Å². The number of nitrogens with zero attached hydrogens (tertiary/aromatic N) is 1. The monoisotopic (exact) mass is 605 g/mol. The van der Waals surface area contributed by atoms with Crippen molar-refractivity contribution in [3.63, 3.8) is 0 Å². The zero-order chi connectivity index (χ0) is 31.6. The Morgan fingerprint density at radius 1 is 0.860 bits per heavy atom. The first-order chi connectivity index (χ1) is 20.4. The van der Waals surface area contributed by atoms with Gasteiger partial charge >= 0.3 is 6.18 Å². The molecule has 3 aromatic rings. The van der Waals surface area contributed by atoms with Crippen molar-refractivity contribution in [2.24, 2.45) is 0 Å². The Kier molecular flexibility index (Phi) is 12.2. The molecule has 0 aliphatic carbocycles. The van der Waals surface area contributed by atoms with Crippen LogP contribution in [0.3, 0.4) is 0 Å². The van der Waals surface area contributed by atoms with E-state index in [9.17, 15) is 36.6 Å². The molecule has 2 atom stereocenters. The number of nitrogens with one attached hydrogen (secondary N) is 2. The number of carbonyl (C=O) groups is 2. The molecule has 0 bridgehead atoms. The van der Waals surface area contributed by atoms with E-state index in [1.54, 1.807) is 17.0 Å². The van der Waals surface area contributed by atoms with Crippen molar-refractivity contribution in [1.29, 1.82) is 0 Å². The van der Waals surface area contributed by atoms with E-state index in [0.717, 1.165) is 37.1 Å². The minimum absolute atomic E-state index is 0.00752. The van der Waals surface area contributed by atoms with Gasteiger partial charge in [-0.05, 0) is 66.8 Å². The molecule has 232 valence electrons. The van der Waals surface area contributed by atoms with Crippen LogP contribution in [0.15, 0.2) is 66.7 Å². The molecule has 0 unspecified atom stereocenters. The first-order valence-corrected chi connectivity index (χ1v) is 14.1. The second-order valence-corrected chi connectivity index (χ2v) is 10.3. The third-order valence-corrected chi connectivity index (χ3v) is 6.74. The summed E-state index contributed by atoms with van der Waals surface area (Å²) in [5, 5.41) is 16.6. The SMILES string of the molecule is CCCN(CCC)C(=O)c1cccc(C(=O)N[C@@H](Cc2cc(F)cc(F)c2)[C@H](O)CNCc2cccc(C(F)(F)F)c2)c1. The molecule has 0 aromatic heterocycles. The second kappa shape index (κ2) is 15.6. The minimum atomic E-state index is -4.50. The van der Waals surface area contributed by atoms with E-state index in [-0.39, 0.29) is 36.5 Å². The quantitative estimate of drug-likeness (QED) is 0.205. The molecule has 0 heterocycles. The van der Waals surface area contributed by atoms with Crippen molar-refractivity contribution < 1.29 is 36.6 Å². The van der Waals surface area contributed by atoms with Crippen LogP contribution in [0.4, 0.5) is 22.0 Å². The van der Waals surface area contributed by atoms with E-state index in [0.29, 0.717) is 30.3 Å². The molecule has 43 heavy (non-hydrogen) atoms. The van der Waals surface area contributed by atoms with Crippen molar-refractivity contribution >= 4 is 11.8 Å². The maximum atomic E-state index is 13.9. The molecule has 0 spiro atoms. The van der Waals surface area contributed by atoms with Crippen LogP contribution in [-0.4, -0.2) is 53.6 Å². The van der Waals surface area contributed by atoms with Gasteiger partial charge in [0.15, 0.2) is 0 Å². The summed E-state index contributed by atoms with van der Waals surface area (Å²) in [7, 11) is 0. The molecule has 0 saturated carbocycles. The fraction of sp³-hybridized carbons (Fsp3) is 0.375. The van der Waals surface area contributed by atoms with Crippen LogP contribution < -0.4 is 10.6 Å². The predicted octanol–water partition coefficient (Wildman–Crippen LogP) is 5.74. The smallest absolute Gasteiger partial charge is 0.390 e. The van der Waals surface area contributed by atoms with Crippen LogP contribution in [0.1, 0.15) is 64.1 Å². The molecule has 2 amide bonds. The summed E-state index contributed by atoms with van der Waals surface area (Å²) >= 11 is 0. The number of halogens is 5. The largest absolute Gasteiger partial charge is 0.416 e. The highest BCUT2D eigenvalue weighted by Gasteiger charge is 2.30. The number of amides is 2. The Bertz CT molecular complexity index is 1360. The van der Waals surface area contributed by atoms with Gasteiger partial charge in [0.2, 0.25) is 0 Å². The fourth-order valence-corrected chi connectivity index (χ4v) is 4.71. The summed E-state index contributed by atoms with van der Waals surface area (Å²) in [6, 6.07) is 12.7. The zero-order valence-corrected chi connectivity index (χ0v) is 24.1. The average molecular weight is 606 g/mol. The van der Waals surface area contributed by atoms with Gasteiger partial charge in [0.25, 0.3) is 11.8 Å². The minimum Gasteiger partial charge on any atom is -0.390 e. The van der Waals surface area contributed by atoms with Gasteiger partial charge in [0, 0.05) is 43.4 Å². The highest BCUT2D eigenvalue weighted by Crippen LogP contribution is 2.29. The van der Waals surface area contributed by atoms with Crippen LogP contribution >= 0.6 is 0 Å². The molecular formula is C32H36F5N3O3. The Morgan fingerprint density at radius 2 is 1.49 bits per heavy atom. The number of alkyl halides is 3. The van der Waals surface area contributed by atoms with Crippen molar-refractivity contribution in [3.8, 4) is 0 Å². The first kappa shape index (κ1) is 33.7. The van der Waals surface area contributed by atoms with E-state index in [1.807, 2.05) is 13.8 Å². The number of carbonyl (C=O) groups excluding carboxylic acids is 2. The predicted molar refractivity (Wildman–Crippen MR) is 153 cm³/mol. The average Bonchev–Trinajstić information content (AvgIpc) is 2.95. The van der Waals surface area contributed by atoms with Crippen molar-refractivity contribution in [2.45, 2.75) is 58.0 Å². The van der Waals surface area contributed by atoms with Gasteiger partial charge in [-0.1, -0.05) is 38.1 Å². The summed E-state index contributed by atoms with van der Waals surface area (Å²) in [4.78, 5) is 28.0. The summed E-state index contributed by atoms with van der Waals surface area (Å²) in [5.74, 6) is -2.49. The third-order valence-electron chi connectivity index (χ3n) is 6.74. The van der Waals surface area contributed by atoms with E-state index in [1.165, 1.54) is 24.3 Å². The van der Waals surface area contributed by atoms with Gasteiger partial charge in [-0.3, -0.25) is 9.59 Å². The highest BCUT2D eigenvalue weighted by atomic mass is 19.4. The lowest BCUT2D eigenvalue weighted by atomic mass is 9.99. The van der Waals surface area contributed by atoms with Gasteiger partial charge in [-0.25, -0.2) is 8.78 Å². The van der Waals surface area contributed by atoms with Crippen molar-refractivity contribution in [2.75, 3.05) is 19.6 Å². The molecule has 6 nitrogen and oxygen atoms in total. The Labute approximate surface area is 247 Å². The van der Waals surface area contributed by atoms with Gasteiger partial charge < -0.3 is 20.6 Å². The van der Waals surface area contributed by atoms with Gasteiger partial charge in [-0.15, -0.1) is 0 Å². The van der Waals surface area contributed by atoms with Gasteiger partial charge in [0.1, 0.15) is 11.6 Å². The fourth-order valence-electron chi connectivity index (χ4n) is 4.71. The molecule has 3 N–H and O–H groups in total. The lowest BCUT2D eigenvalue weighted by Crippen LogP contribution is -2.48.